The van der Waals surface area contributed by atoms with Gasteiger partial charge in [-0.25, -0.2) is 4.79 Å². The fraction of sp³-hybridized carbons (Fsp3) is 0.667. The van der Waals surface area contributed by atoms with E-state index in [1.54, 1.807) is 20.3 Å². The quantitative estimate of drug-likeness (QED) is 0.538. The number of fused-ring (bicyclic) bond motifs is 1. The van der Waals surface area contributed by atoms with Crippen molar-refractivity contribution < 1.29 is 24.1 Å². The third-order valence-electron chi connectivity index (χ3n) is 3.91. The van der Waals surface area contributed by atoms with E-state index in [-0.39, 0.29) is 29.9 Å². The topological polar surface area (TPSA) is 77.0 Å². The molecule has 1 aliphatic carbocycles. The van der Waals surface area contributed by atoms with E-state index >= 15 is 0 Å². The van der Waals surface area contributed by atoms with Gasteiger partial charge in [0.05, 0.1) is 18.2 Å². The molecule has 0 saturated heterocycles. The minimum atomic E-state index is -0.957. The molecule has 6 nitrogen and oxygen atoms in total. The molecule has 0 amide bonds. The number of hydrogen-bond donors (Lipinski definition) is 2. The highest BCUT2D eigenvalue weighted by Crippen LogP contribution is 2.30. The van der Waals surface area contributed by atoms with Crippen molar-refractivity contribution in [3.8, 4) is 0 Å². The van der Waals surface area contributed by atoms with Crippen LogP contribution in [0.25, 0.3) is 0 Å². The Morgan fingerprint density at radius 3 is 2.86 bits per heavy atom. The second-order valence-electron chi connectivity index (χ2n) is 5.30. The molecule has 0 aromatic heterocycles. The zero-order chi connectivity index (χ0) is 15.2. The molecule has 0 fully saturated rings. The maximum absolute atomic E-state index is 11.2. The Labute approximate surface area is 124 Å². The van der Waals surface area contributed by atoms with Crippen LogP contribution in [-0.4, -0.2) is 56.8 Å². The van der Waals surface area contributed by atoms with Gasteiger partial charge in [0, 0.05) is 33.4 Å². The molecule has 1 aliphatic heterocycles. The van der Waals surface area contributed by atoms with Gasteiger partial charge in [-0.2, -0.15) is 0 Å². The summed E-state index contributed by atoms with van der Waals surface area (Å²) in [4.78, 5) is 11.2. The molecule has 0 spiro atoms. The van der Waals surface area contributed by atoms with Gasteiger partial charge in [-0.05, 0) is 18.9 Å². The summed E-state index contributed by atoms with van der Waals surface area (Å²) in [5.41, 5.74) is 0.202. The molecular weight excluding hydrogens is 274 g/mol. The number of aliphatic carboxylic acids is 1. The van der Waals surface area contributed by atoms with Crippen LogP contribution < -0.4 is 5.32 Å². The first-order chi connectivity index (χ1) is 10.2. The van der Waals surface area contributed by atoms with E-state index in [2.05, 4.69) is 5.32 Å². The fourth-order valence-electron chi connectivity index (χ4n) is 2.79. The minimum absolute atomic E-state index is 0.0278. The Kier molecular flexibility index (Phi) is 5.78. The largest absolute Gasteiger partial charge is 0.477 e. The van der Waals surface area contributed by atoms with Crippen molar-refractivity contribution in [1.82, 2.24) is 5.32 Å². The smallest absolute Gasteiger partial charge is 0.351 e. The summed E-state index contributed by atoms with van der Waals surface area (Å²) < 4.78 is 16.3. The molecule has 6 heteroatoms. The Morgan fingerprint density at radius 2 is 2.19 bits per heavy atom. The highest BCUT2D eigenvalue weighted by Gasteiger charge is 2.37. The average molecular weight is 297 g/mol. The first-order valence-electron chi connectivity index (χ1n) is 7.19. The Bertz CT molecular complexity index is 420. The van der Waals surface area contributed by atoms with Gasteiger partial charge in [0.2, 0.25) is 0 Å². The van der Waals surface area contributed by atoms with Crippen LogP contribution in [0.1, 0.15) is 12.8 Å². The lowest BCUT2D eigenvalue weighted by molar-refractivity contribution is -0.133. The molecule has 21 heavy (non-hydrogen) atoms. The van der Waals surface area contributed by atoms with Gasteiger partial charge in [-0.15, -0.1) is 0 Å². The normalized spacial score (nSPS) is 31.2. The number of carboxylic acid groups (broad SMARTS) is 1. The van der Waals surface area contributed by atoms with Gasteiger partial charge in [-0.3, -0.25) is 0 Å². The zero-order valence-electron chi connectivity index (χ0n) is 12.5. The molecule has 1 heterocycles. The number of rotatable bonds is 7. The highest BCUT2D eigenvalue weighted by molar-refractivity contribution is 5.86. The predicted molar refractivity (Wildman–Crippen MR) is 76.9 cm³/mol. The van der Waals surface area contributed by atoms with Crippen molar-refractivity contribution in [1.29, 1.82) is 0 Å². The standard InChI is InChI=1S/C15H23NO5/c1-19-6-3-7-21-14-9-13(15(17)18)16-12-5-4-10(20-2)8-11(12)14/h4-5,9-12,14,16H,3,6-8H2,1-2H3,(H,17,18). The van der Waals surface area contributed by atoms with Crippen molar-refractivity contribution in [2.45, 2.75) is 31.1 Å². The van der Waals surface area contributed by atoms with Crippen LogP contribution in [0.5, 0.6) is 0 Å². The van der Waals surface area contributed by atoms with Gasteiger partial charge < -0.3 is 24.6 Å². The van der Waals surface area contributed by atoms with E-state index in [0.29, 0.717) is 13.2 Å². The molecule has 0 aromatic rings. The Hall–Kier alpha value is -1.37. The molecule has 118 valence electrons. The molecular formula is C15H23NO5. The van der Waals surface area contributed by atoms with Gasteiger partial charge in [-0.1, -0.05) is 12.2 Å². The van der Waals surface area contributed by atoms with Crippen molar-refractivity contribution in [2.75, 3.05) is 27.4 Å². The van der Waals surface area contributed by atoms with Gasteiger partial charge in [0.25, 0.3) is 0 Å². The molecule has 2 aliphatic rings. The minimum Gasteiger partial charge on any atom is -0.477 e. The number of hydrogen-bond acceptors (Lipinski definition) is 5. The lowest BCUT2D eigenvalue weighted by atomic mass is 9.81. The summed E-state index contributed by atoms with van der Waals surface area (Å²) >= 11 is 0. The van der Waals surface area contributed by atoms with Gasteiger partial charge in [0.15, 0.2) is 0 Å². The summed E-state index contributed by atoms with van der Waals surface area (Å²) in [5.74, 6) is -0.785. The first kappa shape index (κ1) is 16.0. The summed E-state index contributed by atoms with van der Waals surface area (Å²) in [6.45, 7) is 1.18. The van der Waals surface area contributed by atoms with E-state index in [1.165, 1.54) is 0 Å². The van der Waals surface area contributed by atoms with Crippen LogP contribution in [0.3, 0.4) is 0 Å². The molecule has 0 aromatic carbocycles. The summed E-state index contributed by atoms with van der Waals surface area (Å²) in [7, 11) is 3.33. The molecule has 4 atom stereocenters. The van der Waals surface area contributed by atoms with Crippen LogP contribution in [0.2, 0.25) is 0 Å². The average Bonchev–Trinajstić information content (AvgIpc) is 2.50. The van der Waals surface area contributed by atoms with E-state index in [0.717, 1.165) is 12.8 Å². The molecule has 0 saturated carbocycles. The molecule has 0 bridgehead atoms. The van der Waals surface area contributed by atoms with Crippen LogP contribution in [-0.2, 0) is 19.0 Å². The van der Waals surface area contributed by atoms with Crippen molar-refractivity contribution in [3.63, 3.8) is 0 Å². The molecule has 4 unspecified atom stereocenters. The van der Waals surface area contributed by atoms with Crippen molar-refractivity contribution in [3.05, 3.63) is 23.9 Å². The maximum atomic E-state index is 11.2. The number of ether oxygens (including phenoxy) is 3. The monoisotopic (exact) mass is 297 g/mol. The number of carboxylic acids is 1. The molecule has 2 N–H and O–H groups in total. The van der Waals surface area contributed by atoms with Crippen LogP contribution in [0.15, 0.2) is 23.9 Å². The third kappa shape index (κ3) is 4.06. The van der Waals surface area contributed by atoms with Gasteiger partial charge in [0.1, 0.15) is 5.70 Å². The van der Waals surface area contributed by atoms with Crippen LogP contribution >= 0.6 is 0 Å². The van der Waals surface area contributed by atoms with Crippen molar-refractivity contribution >= 4 is 5.97 Å². The SMILES string of the molecule is COCCCOC1C=C(C(=O)O)NC2C=CC(OC)CC21. The van der Waals surface area contributed by atoms with E-state index in [9.17, 15) is 9.90 Å². The second kappa shape index (κ2) is 7.59. The van der Waals surface area contributed by atoms with Gasteiger partial charge >= 0.3 is 5.97 Å². The number of carbonyl (C=O) groups is 1. The Morgan fingerprint density at radius 1 is 1.38 bits per heavy atom. The predicted octanol–water partition coefficient (Wildman–Crippen LogP) is 0.939. The second-order valence-corrected chi connectivity index (χ2v) is 5.30. The Balaban J connectivity index is 2.06. The third-order valence-corrected chi connectivity index (χ3v) is 3.91. The maximum Gasteiger partial charge on any atom is 0.351 e. The molecule has 0 radical (unpaired) electrons. The van der Waals surface area contributed by atoms with E-state index in [4.69, 9.17) is 14.2 Å². The summed E-state index contributed by atoms with van der Waals surface area (Å²) in [6, 6.07) is -0.0278. The summed E-state index contributed by atoms with van der Waals surface area (Å²) in [5, 5.41) is 12.2. The zero-order valence-corrected chi connectivity index (χ0v) is 12.5. The number of nitrogens with one attached hydrogen (secondary N) is 1. The van der Waals surface area contributed by atoms with E-state index < -0.39 is 5.97 Å². The first-order valence-corrected chi connectivity index (χ1v) is 7.19. The molecule has 2 rings (SSSR count). The van der Waals surface area contributed by atoms with E-state index in [1.807, 2.05) is 12.2 Å². The van der Waals surface area contributed by atoms with Crippen LogP contribution in [0, 0.1) is 5.92 Å². The van der Waals surface area contributed by atoms with Crippen molar-refractivity contribution in [2.24, 2.45) is 5.92 Å². The van der Waals surface area contributed by atoms with Crippen LogP contribution in [0.4, 0.5) is 0 Å². The lowest BCUT2D eigenvalue weighted by Gasteiger charge is -2.39. The summed E-state index contributed by atoms with van der Waals surface area (Å²) in [6.07, 6.45) is 7.05. The lowest BCUT2D eigenvalue weighted by Crippen LogP contribution is -2.49. The highest BCUT2D eigenvalue weighted by atomic mass is 16.5. The number of methoxy groups -OCH3 is 2. The fourth-order valence-corrected chi connectivity index (χ4v) is 2.79.